The number of hydrogen-bond acceptors (Lipinski definition) is 9. The van der Waals surface area contributed by atoms with Crippen LogP contribution in [0, 0.1) is 13.8 Å². The Labute approximate surface area is 190 Å². The third kappa shape index (κ3) is 6.54. The van der Waals surface area contributed by atoms with Gasteiger partial charge in [0.25, 0.3) is 0 Å². The van der Waals surface area contributed by atoms with Crippen molar-refractivity contribution in [3.63, 3.8) is 0 Å². The number of aliphatic carboxylic acids is 1. The quantitative estimate of drug-likeness (QED) is 0.332. The van der Waals surface area contributed by atoms with Crippen LogP contribution < -0.4 is 44.7 Å². The number of hydrogen-bond donors (Lipinski definition) is 4. The first-order valence-corrected chi connectivity index (χ1v) is 8.68. The number of alkyl carbamates (subject to hydrolysis) is 1. The molecule has 1 aromatic rings. The smallest absolute Gasteiger partial charge is 0.547 e. The number of para-hydroxylation sites is 1. The molecule has 0 spiro atoms. The average molecular weight is 421 g/mol. The molecule has 0 aliphatic carbocycles. The van der Waals surface area contributed by atoms with E-state index in [-0.39, 0.29) is 36.2 Å². The number of carbonyl (C=O) groups excluding carboxylic acids is 2. The largest absolute Gasteiger partial charge is 1.00 e. The molecule has 4 N–H and O–H groups in total. The summed E-state index contributed by atoms with van der Waals surface area (Å²) >= 11 is 0. The van der Waals surface area contributed by atoms with Gasteiger partial charge in [0.15, 0.2) is 0 Å². The molecule has 156 valence electrons. The van der Waals surface area contributed by atoms with E-state index in [9.17, 15) is 30.0 Å². The summed E-state index contributed by atoms with van der Waals surface area (Å²) in [5.74, 6) is -1.12. The fourth-order valence-electron chi connectivity index (χ4n) is 2.76. The van der Waals surface area contributed by atoms with Gasteiger partial charge in [-0.1, -0.05) is 18.2 Å². The minimum Gasteiger partial charge on any atom is -0.547 e. The molecular weight excluding hydrogens is 397 g/mol. The fraction of sp³-hybridized carbons (Fsp3) is 0.556. The molecule has 0 bridgehead atoms. The number of carbonyl (C=O) groups is 2. The van der Waals surface area contributed by atoms with Gasteiger partial charge in [-0.3, -0.25) is 0 Å². The summed E-state index contributed by atoms with van der Waals surface area (Å²) in [5, 5.41) is 42.5. The van der Waals surface area contributed by atoms with Crippen LogP contribution in [0.5, 0.6) is 5.75 Å². The van der Waals surface area contributed by atoms with Crippen molar-refractivity contribution < 1.29 is 73.8 Å². The third-order valence-electron chi connectivity index (χ3n) is 4.28. The number of carboxylic acids is 1. The molecule has 0 radical (unpaired) electrons. The molecule has 29 heavy (non-hydrogen) atoms. The van der Waals surface area contributed by atoms with Crippen LogP contribution in [0.15, 0.2) is 18.2 Å². The Morgan fingerprint density at radius 3 is 2.31 bits per heavy atom. The zero-order chi connectivity index (χ0) is 21.0. The van der Waals surface area contributed by atoms with Crippen LogP contribution in [-0.4, -0.2) is 70.7 Å². The second-order valence-electron chi connectivity index (χ2n) is 6.70. The molecule has 1 aromatic carbocycles. The van der Waals surface area contributed by atoms with Crippen LogP contribution >= 0.6 is 0 Å². The summed E-state index contributed by atoms with van der Waals surface area (Å²) in [6, 6.07) is 5.19. The Morgan fingerprint density at radius 1 is 1.17 bits per heavy atom. The van der Waals surface area contributed by atoms with Gasteiger partial charge in [-0.15, -0.1) is 0 Å². The van der Waals surface area contributed by atoms with Gasteiger partial charge in [-0.2, -0.15) is 0 Å². The Bertz CT molecular complexity index is 696. The predicted molar refractivity (Wildman–Crippen MR) is 92.2 cm³/mol. The molecule has 10 nitrogen and oxygen atoms in total. The van der Waals surface area contributed by atoms with Crippen LogP contribution in [-0.2, 0) is 14.3 Å². The Balaban J connectivity index is 0.00000420. The maximum absolute atomic E-state index is 12.0. The van der Waals surface area contributed by atoms with Gasteiger partial charge in [-0.25, -0.2) is 4.79 Å². The fourth-order valence-corrected chi connectivity index (χ4v) is 2.76. The number of carboxylic acid groups (broad SMARTS) is 1. The van der Waals surface area contributed by atoms with Crippen LogP contribution in [0.1, 0.15) is 18.1 Å². The standard InChI is InChI=1S/C18H25NO9.Na/c1-8-5-4-6-9(2)14(8)26-7-10(3)19-18(25)28-17-13(22)11(20)12(21)15(27-17)16(23)24;/h4-6,10-13,15,17,20-22H,7H2,1-3H3,(H,19,25)(H,23,24);/q;+1/p-1/t10?,11?,12-,13?,15?,17+;/m1./s1. The average Bonchev–Trinajstić information content (AvgIpc) is 2.61. The zero-order valence-corrected chi connectivity index (χ0v) is 18.7. The molecule has 11 heteroatoms. The Hall–Kier alpha value is -1.40. The minimum atomic E-state index is -1.96. The molecule has 6 atom stereocenters. The maximum atomic E-state index is 12.0. The van der Waals surface area contributed by atoms with Gasteiger partial charge in [0.05, 0.1) is 12.0 Å². The van der Waals surface area contributed by atoms with Crippen LogP contribution in [0.4, 0.5) is 4.79 Å². The van der Waals surface area contributed by atoms with Gasteiger partial charge < -0.3 is 44.7 Å². The molecule has 1 aliphatic rings. The molecule has 1 aliphatic heterocycles. The van der Waals surface area contributed by atoms with Gasteiger partial charge in [0, 0.05) is 0 Å². The number of aliphatic hydroxyl groups is 3. The SMILES string of the molecule is Cc1cccc(C)c1OCC(C)NC(=O)O[C@@H]1OC(C(=O)[O-])[C@H](O)C(O)C1O.[Na+]. The summed E-state index contributed by atoms with van der Waals surface area (Å²) in [5.41, 5.74) is 1.88. The van der Waals surface area contributed by atoms with Crippen molar-refractivity contribution in [2.75, 3.05) is 6.61 Å². The topological polar surface area (TPSA) is 158 Å². The predicted octanol–water partition coefficient (Wildman–Crippen LogP) is -4.64. The first kappa shape index (κ1) is 25.6. The van der Waals surface area contributed by atoms with Crippen molar-refractivity contribution in [2.24, 2.45) is 0 Å². The Kier molecular flexibility index (Phi) is 9.83. The summed E-state index contributed by atoms with van der Waals surface area (Å²) in [4.78, 5) is 22.9. The summed E-state index contributed by atoms with van der Waals surface area (Å²) in [6.45, 7) is 5.56. The van der Waals surface area contributed by atoms with Gasteiger partial charge in [0.2, 0.25) is 6.29 Å². The number of rotatable bonds is 6. The van der Waals surface area contributed by atoms with Gasteiger partial charge in [-0.05, 0) is 31.9 Å². The number of aryl methyl sites for hydroxylation is 2. The first-order chi connectivity index (χ1) is 13.1. The van der Waals surface area contributed by atoms with Crippen molar-refractivity contribution >= 4 is 12.1 Å². The van der Waals surface area contributed by atoms with E-state index < -0.39 is 48.8 Å². The number of nitrogens with one attached hydrogen (secondary N) is 1. The molecule has 2 rings (SSSR count). The van der Waals surface area contributed by atoms with E-state index >= 15 is 0 Å². The third-order valence-corrected chi connectivity index (χ3v) is 4.28. The maximum Gasteiger partial charge on any atom is 1.00 e. The number of amides is 1. The number of benzene rings is 1. The van der Waals surface area contributed by atoms with Crippen molar-refractivity contribution in [2.45, 2.75) is 57.5 Å². The van der Waals surface area contributed by atoms with Crippen molar-refractivity contribution in [1.82, 2.24) is 5.32 Å². The van der Waals surface area contributed by atoms with Crippen molar-refractivity contribution in [3.05, 3.63) is 29.3 Å². The van der Waals surface area contributed by atoms with Crippen LogP contribution in [0.2, 0.25) is 0 Å². The van der Waals surface area contributed by atoms with E-state index in [4.69, 9.17) is 14.2 Å². The second kappa shape index (κ2) is 11.1. The summed E-state index contributed by atoms with van der Waals surface area (Å²) in [6.07, 6.45) is -10.4. The number of ether oxygens (including phenoxy) is 3. The molecule has 4 unspecified atom stereocenters. The van der Waals surface area contributed by atoms with Gasteiger partial charge >= 0.3 is 35.7 Å². The van der Waals surface area contributed by atoms with Crippen molar-refractivity contribution in [1.29, 1.82) is 0 Å². The molecule has 1 fully saturated rings. The van der Waals surface area contributed by atoms with E-state index in [2.05, 4.69) is 5.32 Å². The summed E-state index contributed by atoms with van der Waals surface area (Å²) in [7, 11) is 0. The molecule has 0 aromatic heterocycles. The van der Waals surface area contributed by atoms with E-state index in [1.54, 1.807) is 6.92 Å². The van der Waals surface area contributed by atoms with Crippen molar-refractivity contribution in [3.8, 4) is 5.75 Å². The molecule has 1 saturated heterocycles. The summed E-state index contributed by atoms with van der Waals surface area (Å²) < 4.78 is 15.4. The molecule has 1 heterocycles. The first-order valence-electron chi connectivity index (χ1n) is 8.68. The normalized spacial score (nSPS) is 27.3. The molecule has 0 saturated carbocycles. The van der Waals surface area contributed by atoms with E-state index in [1.807, 2.05) is 32.0 Å². The zero-order valence-electron chi connectivity index (χ0n) is 16.7. The van der Waals surface area contributed by atoms with E-state index in [1.165, 1.54) is 0 Å². The number of aliphatic hydroxyl groups excluding tert-OH is 3. The monoisotopic (exact) mass is 421 g/mol. The Morgan fingerprint density at radius 2 is 1.76 bits per heavy atom. The van der Waals surface area contributed by atoms with Gasteiger partial charge in [0.1, 0.15) is 36.8 Å². The van der Waals surface area contributed by atoms with Crippen LogP contribution in [0.3, 0.4) is 0 Å². The minimum absolute atomic E-state index is 0. The molecular formula is C18H24NNaO9. The van der Waals surface area contributed by atoms with E-state index in [0.717, 1.165) is 11.1 Å². The van der Waals surface area contributed by atoms with E-state index in [0.29, 0.717) is 5.75 Å². The molecule has 1 amide bonds. The van der Waals surface area contributed by atoms with Crippen LogP contribution in [0.25, 0.3) is 0 Å². The second-order valence-corrected chi connectivity index (χ2v) is 6.70.